The van der Waals surface area contributed by atoms with E-state index in [1.165, 1.54) is 17.0 Å². The van der Waals surface area contributed by atoms with Crippen molar-refractivity contribution < 1.29 is 4.79 Å². The van der Waals surface area contributed by atoms with Gasteiger partial charge in [-0.3, -0.25) is 4.79 Å². The van der Waals surface area contributed by atoms with Gasteiger partial charge in [-0.1, -0.05) is 11.6 Å². The van der Waals surface area contributed by atoms with Crippen LogP contribution < -0.4 is 16.2 Å². The van der Waals surface area contributed by atoms with E-state index >= 15 is 0 Å². The normalized spacial score (nSPS) is 9.81. The van der Waals surface area contributed by atoms with Gasteiger partial charge in [-0.15, -0.1) is 0 Å². The van der Waals surface area contributed by atoms with Crippen molar-refractivity contribution in [3.05, 3.63) is 52.7 Å². The van der Waals surface area contributed by atoms with E-state index in [2.05, 4.69) is 10.4 Å². The van der Waals surface area contributed by atoms with Crippen molar-refractivity contribution in [1.82, 2.24) is 4.98 Å². The van der Waals surface area contributed by atoms with Crippen molar-refractivity contribution in [3.8, 4) is 6.07 Å². The molecule has 106 valence electrons. The zero-order valence-electron chi connectivity index (χ0n) is 11.2. The zero-order chi connectivity index (χ0) is 15.4. The number of hydrazine groups is 1. The van der Waals surface area contributed by atoms with Crippen molar-refractivity contribution in [2.45, 2.75) is 0 Å². The van der Waals surface area contributed by atoms with Crippen molar-refractivity contribution in [1.29, 1.82) is 5.26 Å². The minimum absolute atomic E-state index is 0.169. The maximum atomic E-state index is 12.4. The second-order valence-corrected chi connectivity index (χ2v) is 4.62. The molecule has 0 bridgehead atoms. The SMILES string of the molecule is CN(C(=O)c1cc(Cl)nc(NN)c1)c1ccc(C#N)cc1. The van der Waals surface area contributed by atoms with Crippen LogP contribution in [0.1, 0.15) is 15.9 Å². The van der Waals surface area contributed by atoms with E-state index in [0.717, 1.165) is 0 Å². The van der Waals surface area contributed by atoms with Gasteiger partial charge >= 0.3 is 0 Å². The number of benzene rings is 1. The molecule has 0 aliphatic heterocycles. The lowest BCUT2D eigenvalue weighted by molar-refractivity contribution is 0.0993. The molecule has 0 aliphatic carbocycles. The average Bonchev–Trinajstić information content (AvgIpc) is 2.52. The Morgan fingerprint density at radius 1 is 1.38 bits per heavy atom. The molecule has 0 saturated heterocycles. The summed E-state index contributed by atoms with van der Waals surface area (Å²) in [6.07, 6.45) is 0. The van der Waals surface area contributed by atoms with Gasteiger partial charge in [-0.05, 0) is 36.4 Å². The summed E-state index contributed by atoms with van der Waals surface area (Å²) in [5.74, 6) is 5.32. The Bertz CT molecular complexity index is 708. The van der Waals surface area contributed by atoms with Gasteiger partial charge in [-0.25, -0.2) is 10.8 Å². The van der Waals surface area contributed by atoms with E-state index in [0.29, 0.717) is 22.6 Å². The maximum Gasteiger partial charge on any atom is 0.258 e. The van der Waals surface area contributed by atoms with E-state index in [1.807, 2.05) is 6.07 Å². The monoisotopic (exact) mass is 301 g/mol. The number of nitrogens with two attached hydrogens (primary N) is 1. The minimum atomic E-state index is -0.263. The number of amides is 1. The number of hydrogen-bond donors (Lipinski definition) is 2. The van der Waals surface area contributed by atoms with E-state index in [4.69, 9.17) is 22.7 Å². The largest absolute Gasteiger partial charge is 0.311 e. The Balaban J connectivity index is 2.30. The fraction of sp³-hybridized carbons (Fsp3) is 0.0714. The van der Waals surface area contributed by atoms with Crippen LogP contribution in [0.4, 0.5) is 11.5 Å². The van der Waals surface area contributed by atoms with E-state index in [9.17, 15) is 4.79 Å². The number of carbonyl (C=O) groups is 1. The number of aromatic nitrogens is 1. The lowest BCUT2D eigenvalue weighted by Gasteiger charge is -2.18. The molecule has 2 aromatic rings. The predicted octanol–water partition coefficient (Wildman–Crippen LogP) is 2.17. The first-order valence-electron chi connectivity index (χ1n) is 5.97. The van der Waals surface area contributed by atoms with Crippen LogP contribution in [-0.4, -0.2) is 17.9 Å². The van der Waals surface area contributed by atoms with Crippen LogP contribution in [0.25, 0.3) is 0 Å². The van der Waals surface area contributed by atoms with Gasteiger partial charge in [0, 0.05) is 18.3 Å². The van der Waals surface area contributed by atoms with Crippen molar-refractivity contribution in [2.24, 2.45) is 5.84 Å². The van der Waals surface area contributed by atoms with Gasteiger partial charge in [0.25, 0.3) is 5.91 Å². The predicted molar refractivity (Wildman–Crippen MR) is 80.9 cm³/mol. The fourth-order valence-electron chi connectivity index (χ4n) is 1.76. The Morgan fingerprint density at radius 2 is 2.05 bits per heavy atom. The fourth-order valence-corrected chi connectivity index (χ4v) is 1.97. The van der Waals surface area contributed by atoms with Crippen LogP contribution in [0.5, 0.6) is 0 Å². The molecule has 1 aromatic heterocycles. The second-order valence-electron chi connectivity index (χ2n) is 4.23. The summed E-state index contributed by atoms with van der Waals surface area (Å²) in [6.45, 7) is 0. The van der Waals surface area contributed by atoms with Gasteiger partial charge in [0.1, 0.15) is 11.0 Å². The molecule has 21 heavy (non-hydrogen) atoms. The highest BCUT2D eigenvalue weighted by atomic mass is 35.5. The van der Waals surface area contributed by atoms with Crippen LogP contribution in [0.3, 0.4) is 0 Å². The third-order valence-electron chi connectivity index (χ3n) is 2.88. The Morgan fingerprint density at radius 3 is 2.62 bits per heavy atom. The van der Waals surface area contributed by atoms with Crippen LogP contribution in [-0.2, 0) is 0 Å². The molecule has 0 saturated carbocycles. The van der Waals surface area contributed by atoms with Gasteiger partial charge in [-0.2, -0.15) is 5.26 Å². The summed E-state index contributed by atoms with van der Waals surface area (Å²) in [5.41, 5.74) is 3.90. The topological polar surface area (TPSA) is 95.0 Å². The molecular weight excluding hydrogens is 290 g/mol. The third-order valence-corrected chi connectivity index (χ3v) is 3.07. The number of nitrogen functional groups attached to an aromatic ring is 1. The number of hydrogen-bond acceptors (Lipinski definition) is 5. The number of nitriles is 1. The van der Waals surface area contributed by atoms with Crippen LogP contribution in [0.15, 0.2) is 36.4 Å². The lowest BCUT2D eigenvalue weighted by atomic mass is 10.2. The number of carbonyl (C=O) groups excluding carboxylic acids is 1. The van der Waals surface area contributed by atoms with Crippen LogP contribution >= 0.6 is 11.6 Å². The molecule has 3 N–H and O–H groups in total. The molecule has 2 rings (SSSR count). The highest BCUT2D eigenvalue weighted by Gasteiger charge is 2.15. The summed E-state index contributed by atoms with van der Waals surface area (Å²) in [7, 11) is 1.63. The second kappa shape index (κ2) is 6.22. The molecule has 1 amide bonds. The summed E-state index contributed by atoms with van der Waals surface area (Å²) in [4.78, 5) is 17.8. The summed E-state index contributed by atoms with van der Waals surface area (Å²) >= 11 is 5.85. The average molecular weight is 302 g/mol. The quantitative estimate of drug-likeness (QED) is 0.514. The third kappa shape index (κ3) is 3.28. The highest BCUT2D eigenvalue weighted by Crippen LogP contribution is 2.19. The van der Waals surface area contributed by atoms with E-state index < -0.39 is 0 Å². The van der Waals surface area contributed by atoms with E-state index in [1.54, 1.807) is 31.3 Å². The smallest absolute Gasteiger partial charge is 0.258 e. The number of halogens is 1. The minimum Gasteiger partial charge on any atom is -0.311 e. The zero-order valence-corrected chi connectivity index (χ0v) is 11.9. The van der Waals surface area contributed by atoms with Crippen LogP contribution in [0.2, 0.25) is 5.15 Å². The Labute approximate surface area is 126 Å². The number of anilines is 2. The molecule has 0 fully saturated rings. The summed E-state index contributed by atoms with van der Waals surface area (Å²) in [5, 5.41) is 8.94. The summed E-state index contributed by atoms with van der Waals surface area (Å²) < 4.78 is 0. The van der Waals surface area contributed by atoms with Crippen LogP contribution in [0, 0.1) is 11.3 Å². The van der Waals surface area contributed by atoms with Gasteiger partial charge < -0.3 is 10.3 Å². The number of rotatable bonds is 3. The molecule has 7 heteroatoms. The molecule has 0 radical (unpaired) electrons. The molecule has 1 aromatic carbocycles. The van der Waals surface area contributed by atoms with Crippen molar-refractivity contribution in [3.63, 3.8) is 0 Å². The molecule has 1 heterocycles. The standard InChI is InChI=1S/C14H12ClN5O/c1-20(11-4-2-9(8-16)3-5-11)14(21)10-6-12(15)18-13(7-10)19-17/h2-7H,17H2,1H3,(H,18,19). The molecular formula is C14H12ClN5O. The van der Waals surface area contributed by atoms with Gasteiger partial charge in [0.2, 0.25) is 0 Å². The van der Waals surface area contributed by atoms with Gasteiger partial charge in [0.05, 0.1) is 11.6 Å². The van der Waals surface area contributed by atoms with Crippen molar-refractivity contribution in [2.75, 3.05) is 17.4 Å². The van der Waals surface area contributed by atoms with Crippen molar-refractivity contribution >= 4 is 29.0 Å². The van der Waals surface area contributed by atoms with E-state index in [-0.39, 0.29) is 11.1 Å². The van der Waals surface area contributed by atoms with Gasteiger partial charge in [0.15, 0.2) is 0 Å². The molecule has 0 spiro atoms. The number of nitrogens with zero attached hydrogens (tertiary/aromatic N) is 3. The Kier molecular flexibility index (Phi) is 4.38. The first-order chi connectivity index (χ1) is 10.0. The first kappa shape index (κ1) is 14.8. The maximum absolute atomic E-state index is 12.4. The molecule has 6 nitrogen and oxygen atoms in total. The Hall–Kier alpha value is -2.62. The number of nitrogens with one attached hydrogen (secondary N) is 1. The highest BCUT2D eigenvalue weighted by molar-refractivity contribution is 6.30. The number of pyridine rings is 1. The molecule has 0 aliphatic rings. The molecule has 0 atom stereocenters. The summed E-state index contributed by atoms with van der Waals surface area (Å²) in [6, 6.07) is 11.7. The first-order valence-corrected chi connectivity index (χ1v) is 6.35. The lowest BCUT2D eigenvalue weighted by Crippen LogP contribution is -2.26. The molecule has 0 unspecified atom stereocenters.